The number of rotatable bonds is 4. The van der Waals surface area contributed by atoms with Crippen LogP contribution in [0.5, 0.6) is 0 Å². The molecule has 1 aliphatic carbocycles. The molecule has 1 aliphatic rings. The normalized spacial score (nSPS) is 19.0. The standard InChI is InChI=1S/C7H9N3O3S2/c1-8-14-9-6-4-2-3-5-7(6)15(12,13)10-11/h2-3,5,10-11H,1,4H2. The lowest BCUT2D eigenvalue weighted by atomic mass is 10.1. The van der Waals surface area contributed by atoms with Crippen LogP contribution >= 0.6 is 12.1 Å². The fourth-order valence-corrected chi connectivity index (χ4v) is 2.17. The lowest BCUT2D eigenvalue weighted by Crippen LogP contribution is -2.26. The predicted molar refractivity (Wildman–Crippen MR) is 60.3 cm³/mol. The van der Waals surface area contributed by atoms with Crippen LogP contribution in [-0.4, -0.2) is 26.1 Å². The van der Waals surface area contributed by atoms with Gasteiger partial charge < -0.3 is 5.21 Å². The van der Waals surface area contributed by atoms with Crippen LogP contribution < -0.4 is 4.89 Å². The van der Waals surface area contributed by atoms with Gasteiger partial charge in [0.1, 0.15) is 17.0 Å². The van der Waals surface area contributed by atoms with Crippen LogP contribution in [0.4, 0.5) is 0 Å². The van der Waals surface area contributed by atoms with Crippen molar-refractivity contribution in [2.45, 2.75) is 6.42 Å². The van der Waals surface area contributed by atoms with Gasteiger partial charge in [-0.1, -0.05) is 17.0 Å². The number of allylic oxidation sites excluding steroid dienone is 4. The van der Waals surface area contributed by atoms with Gasteiger partial charge in [0.05, 0.1) is 5.71 Å². The van der Waals surface area contributed by atoms with Gasteiger partial charge in [0.15, 0.2) is 0 Å². The van der Waals surface area contributed by atoms with E-state index in [0.717, 1.165) is 12.1 Å². The van der Waals surface area contributed by atoms with Crippen LogP contribution in [-0.2, 0) is 10.0 Å². The van der Waals surface area contributed by atoms with Crippen LogP contribution in [0, 0.1) is 0 Å². The second-order valence-electron chi connectivity index (χ2n) is 2.51. The Morgan fingerprint density at radius 3 is 2.93 bits per heavy atom. The highest BCUT2D eigenvalue weighted by Crippen LogP contribution is 2.18. The Bertz CT molecular complexity index is 436. The molecule has 8 heteroatoms. The zero-order chi connectivity index (χ0) is 11.3. The summed E-state index contributed by atoms with van der Waals surface area (Å²) in [6.45, 7) is 3.21. The van der Waals surface area contributed by atoms with E-state index in [-0.39, 0.29) is 4.91 Å². The van der Waals surface area contributed by atoms with E-state index in [0.29, 0.717) is 12.1 Å². The van der Waals surface area contributed by atoms with E-state index >= 15 is 0 Å². The third kappa shape index (κ3) is 2.99. The molecule has 0 aromatic rings. The molecule has 1 rings (SSSR count). The van der Waals surface area contributed by atoms with Gasteiger partial charge in [-0.05, 0) is 6.08 Å². The minimum absolute atomic E-state index is 0.0661. The first-order valence-electron chi connectivity index (χ1n) is 3.84. The molecule has 0 radical (unpaired) electrons. The highest BCUT2D eigenvalue weighted by molar-refractivity contribution is 7.97. The highest BCUT2D eigenvalue weighted by Gasteiger charge is 2.22. The summed E-state index contributed by atoms with van der Waals surface area (Å²) in [5.41, 5.74) is 0.316. The quantitative estimate of drug-likeness (QED) is 0.437. The summed E-state index contributed by atoms with van der Waals surface area (Å²) in [6.07, 6.45) is 5.05. The zero-order valence-electron chi connectivity index (χ0n) is 7.62. The van der Waals surface area contributed by atoms with Crippen molar-refractivity contribution in [3.05, 3.63) is 23.1 Å². The molecule has 0 amide bonds. The number of sulfonamides is 1. The molecule has 0 saturated carbocycles. The molecule has 2 N–H and O–H groups in total. The predicted octanol–water partition coefficient (Wildman–Crippen LogP) is 0.844. The molecular formula is C7H9N3O3S2. The summed E-state index contributed by atoms with van der Waals surface area (Å²) in [6, 6.07) is 0. The van der Waals surface area contributed by atoms with Crippen LogP contribution in [0.2, 0.25) is 0 Å². The molecular weight excluding hydrogens is 238 g/mol. The molecule has 0 aliphatic heterocycles. The SMILES string of the molecule is C=NSN=C1CC=CC=C1S(=O)(=O)NO. The molecule has 82 valence electrons. The van der Waals surface area contributed by atoms with Crippen LogP contribution in [0.1, 0.15) is 6.42 Å². The van der Waals surface area contributed by atoms with Crippen molar-refractivity contribution >= 4 is 34.6 Å². The lowest BCUT2D eigenvalue weighted by molar-refractivity contribution is 0.244. The monoisotopic (exact) mass is 247 g/mol. The number of hydrogen-bond donors (Lipinski definition) is 2. The molecule has 15 heavy (non-hydrogen) atoms. The largest absolute Gasteiger partial charge is 0.302 e. The molecule has 0 saturated heterocycles. The molecule has 0 aromatic heterocycles. The van der Waals surface area contributed by atoms with Crippen molar-refractivity contribution in [2.24, 2.45) is 8.80 Å². The van der Waals surface area contributed by atoms with Gasteiger partial charge in [-0.3, -0.25) is 0 Å². The topological polar surface area (TPSA) is 91.1 Å². The van der Waals surface area contributed by atoms with E-state index < -0.39 is 10.0 Å². The van der Waals surface area contributed by atoms with Gasteiger partial charge >= 0.3 is 0 Å². The third-order valence-corrected chi connectivity index (χ3v) is 3.21. The van der Waals surface area contributed by atoms with Crippen molar-refractivity contribution in [3.8, 4) is 0 Å². The van der Waals surface area contributed by atoms with E-state index in [2.05, 4.69) is 15.5 Å². The molecule has 0 atom stereocenters. The van der Waals surface area contributed by atoms with Crippen molar-refractivity contribution in [3.63, 3.8) is 0 Å². The average molecular weight is 247 g/mol. The third-order valence-electron chi connectivity index (χ3n) is 1.60. The van der Waals surface area contributed by atoms with Gasteiger partial charge in [0.25, 0.3) is 10.0 Å². The summed E-state index contributed by atoms with van der Waals surface area (Å²) >= 11 is 0.798. The van der Waals surface area contributed by atoms with Crippen molar-refractivity contribution < 1.29 is 13.6 Å². The highest BCUT2D eigenvalue weighted by atomic mass is 32.2. The first-order chi connectivity index (χ1) is 7.11. The van der Waals surface area contributed by atoms with E-state index in [1.165, 1.54) is 11.0 Å². The summed E-state index contributed by atoms with van der Waals surface area (Å²) in [5.74, 6) is 0. The van der Waals surface area contributed by atoms with Crippen molar-refractivity contribution in [1.29, 1.82) is 0 Å². The van der Waals surface area contributed by atoms with Gasteiger partial charge in [0.2, 0.25) is 0 Å². The molecule has 0 fully saturated rings. The number of nitrogens with zero attached hydrogens (tertiary/aromatic N) is 2. The maximum Gasteiger partial charge on any atom is 0.264 e. The van der Waals surface area contributed by atoms with E-state index in [4.69, 9.17) is 5.21 Å². The maximum absolute atomic E-state index is 11.3. The van der Waals surface area contributed by atoms with Gasteiger partial charge in [-0.2, -0.15) is 4.40 Å². The molecule has 0 spiro atoms. The average Bonchev–Trinajstić information content (AvgIpc) is 2.26. The maximum atomic E-state index is 11.3. The molecule has 0 heterocycles. The first-order valence-corrected chi connectivity index (χ1v) is 6.05. The minimum atomic E-state index is -3.89. The smallest absolute Gasteiger partial charge is 0.264 e. The van der Waals surface area contributed by atoms with Crippen molar-refractivity contribution in [1.82, 2.24) is 4.89 Å². The summed E-state index contributed by atoms with van der Waals surface area (Å²) in [5, 5.41) is 8.49. The molecule has 0 bridgehead atoms. The van der Waals surface area contributed by atoms with Crippen molar-refractivity contribution in [2.75, 3.05) is 0 Å². The summed E-state index contributed by atoms with van der Waals surface area (Å²) in [7, 11) is -3.89. The Morgan fingerprint density at radius 2 is 2.33 bits per heavy atom. The Labute approximate surface area is 91.8 Å². The Kier molecular flexibility index (Phi) is 4.21. The fourth-order valence-electron chi connectivity index (χ4n) is 0.986. The second-order valence-corrected chi connectivity index (χ2v) is 4.74. The fraction of sp³-hybridized carbons (Fsp3) is 0.143. The number of hydrogen-bond acceptors (Lipinski definition) is 6. The number of nitrogens with one attached hydrogen (secondary N) is 1. The summed E-state index contributed by atoms with van der Waals surface area (Å²) in [4.78, 5) is 1.19. The Balaban J connectivity index is 3.07. The van der Waals surface area contributed by atoms with Gasteiger partial charge in [0, 0.05) is 13.1 Å². The summed E-state index contributed by atoms with van der Waals surface area (Å²) < 4.78 is 29.9. The van der Waals surface area contributed by atoms with Gasteiger partial charge in [-0.15, -0.1) is 0 Å². The van der Waals surface area contributed by atoms with Crippen LogP contribution in [0.3, 0.4) is 0 Å². The van der Waals surface area contributed by atoms with Crippen LogP contribution in [0.25, 0.3) is 0 Å². The zero-order valence-corrected chi connectivity index (χ0v) is 9.25. The molecule has 6 nitrogen and oxygen atoms in total. The Morgan fingerprint density at radius 1 is 1.60 bits per heavy atom. The van der Waals surface area contributed by atoms with E-state index in [9.17, 15) is 8.42 Å². The minimum Gasteiger partial charge on any atom is -0.302 e. The molecule has 0 unspecified atom stereocenters. The first kappa shape index (κ1) is 12.1. The molecule has 0 aromatic carbocycles. The Hall–Kier alpha value is -0.960. The van der Waals surface area contributed by atoms with E-state index in [1.807, 2.05) is 0 Å². The van der Waals surface area contributed by atoms with Gasteiger partial charge in [-0.25, -0.2) is 12.8 Å². The second kappa shape index (κ2) is 5.21. The van der Waals surface area contributed by atoms with Crippen LogP contribution in [0.15, 0.2) is 31.9 Å². The lowest BCUT2D eigenvalue weighted by Gasteiger charge is -2.10. The van der Waals surface area contributed by atoms with E-state index in [1.54, 1.807) is 12.2 Å².